The van der Waals surface area contributed by atoms with E-state index in [0.717, 1.165) is 24.4 Å². The van der Waals surface area contributed by atoms with E-state index in [4.69, 9.17) is 4.74 Å². The number of nitrogens with zero attached hydrogens (tertiary/aromatic N) is 3. The zero-order valence-corrected chi connectivity index (χ0v) is 12.4. The van der Waals surface area contributed by atoms with Crippen LogP contribution in [0.2, 0.25) is 0 Å². The van der Waals surface area contributed by atoms with Crippen molar-refractivity contribution in [3.63, 3.8) is 0 Å². The Hall–Kier alpha value is -1.88. The van der Waals surface area contributed by atoms with E-state index in [-0.39, 0.29) is 5.41 Å². The van der Waals surface area contributed by atoms with Gasteiger partial charge in [0.15, 0.2) is 0 Å². The minimum absolute atomic E-state index is 0.188. The van der Waals surface area contributed by atoms with Gasteiger partial charge in [-0.25, -0.2) is 0 Å². The third kappa shape index (κ3) is 1.95. The number of nitrogens with one attached hydrogen (secondary N) is 1. The number of aromatic nitrogens is 3. The second kappa shape index (κ2) is 4.56. The van der Waals surface area contributed by atoms with Crippen molar-refractivity contribution in [1.82, 2.24) is 14.8 Å². The Morgan fingerprint density at radius 1 is 1.29 bits per heavy atom. The largest absolute Gasteiger partial charge is 0.381 e. The minimum atomic E-state index is 0.188. The lowest BCUT2D eigenvalue weighted by Crippen LogP contribution is -2.63. The highest BCUT2D eigenvalue weighted by atomic mass is 16.5. The van der Waals surface area contributed by atoms with Crippen molar-refractivity contribution < 1.29 is 4.74 Å². The lowest BCUT2D eigenvalue weighted by Gasteiger charge is -2.55. The summed E-state index contributed by atoms with van der Waals surface area (Å²) >= 11 is 0. The first kappa shape index (κ1) is 12.8. The van der Waals surface area contributed by atoms with Crippen molar-refractivity contribution in [3.8, 4) is 5.69 Å². The Morgan fingerprint density at radius 3 is 2.90 bits per heavy atom. The SMILES string of the molecule is CC1(C)C(Nc2cccc(-n3cnnc3)c2)C2CCOC21. The highest BCUT2D eigenvalue weighted by Gasteiger charge is 2.59. The van der Waals surface area contributed by atoms with Gasteiger partial charge >= 0.3 is 0 Å². The van der Waals surface area contributed by atoms with Crippen molar-refractivity contribution in [2.75, 3.05) is 11.9 Å². The van der Waals surface area contributed by atoms with Crippen molar-refractivity contribution in [1.29, 1.82) is 0 Å². The van der Waals surface area contributed by atoms with Crippen LogP contribution in [0.1, 0.15) is 20.3 Å². The summed E-state index contributed by atoms with van der Waals surface area (Å²) < 4.78 is 7.77. The van der Waals surface area contributed by atoms with Crippen LogP contribution in [0, 0.1) is 11.3 Å². The first-order valence-electron chi connectivity index (χ1n) is 7.49. The lowest BCUT2D eigenvalue weighted by atomic mass is 9.57. The van der Waals surface area contributed by atoms with E-state index in [0.29, 0.717) is 18.1 Å². The maximum Gasteiger partial charge on any atom is 0.123 e. The van der Waals surface area contributed by atoms with Gasteiger partial charge in [0.25, 0.3) is 0 Å². The van der Waals surface area contributed by atoms with Crippen molar-refractivity contribution in [2.45, 2.75) is 32.4 Å². The summed E-state index contributed by atoms with van der Waals surface area (Å²) in [5.41, 5.74) is 2.40. The molecule has 5 nitrogen and oxygen atoms in total. The molecular formula is C16H20N4O. The van der Waals surface area contributed by atoms with E-state index >= 15 is 0 Å². The molecule has 1 saturated carbocycles. The zero-order valence-electron chi connectivity index (χ0n) is 12.4. The Labute approximate surface area is 124 Å². The van der Waals surface area contributed by atoms with Gasteiger partial charge in [0.2, 0.25) is 0 Å². The van der Waals surface area contributed by atoms with Gasteiger partial charge in [0.1, 0.15) is 12.7 Å². The molecule has 1 aromatic carbocycles. The second-order valence-corrected chi connectivity index (χ2v) is 6.61. The second-order valence-electron chi connectivity index (χ2n) is 6.61. The summed E-state index contributed by atoms with van der Waals surface area (Å²) in [6.45, 7) is 5.49. The summed E-state index contributed by atoms with van der Waals surface area (Å²) in [5.74, 6) is 0.638. The molecule has 21 heavy (non-hydrogen) atoms. The molecule has 1 aliphatic heterocycles. The molecule has 1 aromatic heterocycles. The van der Waals surface area contributed by atoms with Gasteiger partial charge in [-0.15, -0.1) is 10.2 Å². The highest BCUT2D eigenvalue weighted by Crippen LogP contribution is 2.53. The van der Waals surface area contributed by atoms with Crippen molar-refractivity contribution >= 4 is 5.69 Å². The fourth-order valence-electron chi connectivity index (χ4n) is 3.89. The van der Waals surface area contributed by atoms with Gasteiger partial charge in [0.05, 0.1) is 11.8 Å². The Bertz CT molecular complexity index is 637. The van der Waals surface area contributed by atoms with Gasteiger partial charge in [-0.05, 0) is 24.6 Å². The zero-order chi connectivity index (χ0) is 14.4. The minimum Gasteiger partial charge on any atom is -0.381 e. The molecule has 1 aliphatic carbocycles. The molecule has 5 heteroatoms. The molecule has 3 unspecified atom stereocenters. The maximum absolute atomic E-state index is 5.86. The van der Waals surface area contributed by atoms with E-state index in [1.165, 1.54) is 0 Å². The molecule has 1 saturated heterocycles. The number of rotatable bonds is 3. The summed E-state index contributed by atoms with van der Waals surface area (Å²) in [7, 11) is 0. The number of fused-ring (bicyclic) bond motifs is 1. The average Bonchev–Trinajstić information content (AvgIpc) is 3.15. The molecule has 2 aliphatic rings. The summed E-state index contributed by atoms with van der Waals surface area (Å²) in [6.07, 6.45) is 5.01. The van der Waals surface area contributed by atoms with E-state index in [1.807, 2.05) is 4.57 Å². The third-order valence-electron chi connectivity index (χ3n) is 4.99. The molecule has 0 spiro atoms. The molecule has 2 fully saturated rings. The molecule has 3 atom stereocenters. The van der Waals surface area contributed by atoms with Gasteiger partial charge < -0.3 is 10.1 Å². The van der Waals surface area contributed by atoms with E-state index in [9.17, 15) is 0 Å². The van der Waals surface area contributed by atoms with Gasteiger partial charge in [0, 0.05) is 29.7 Å². The third-order valence-corrected chi connectivity index (χ3v) is 4.99. The van der Waals surface area contributed by atoms with Gasteiger partial charge in [-0.1, -0.05) is 19.9 Å². The summed E-state index contributed by atoms with van der Waals surface area (Å²) in [5, 5.41) is 11.4. The Balaban J connectivity index is 1.56. The normalized spacial score (nSPS) is 29.7. The summed E-state index contributed by atoms with van der Waals surface area (Å²) in [6, 6.07) is 8.85. The Morgan fingerprint density at radius 2 is 2.10 bits per heavy atom. The number of hydrogen-bond donors (Lipinski definition) is 1. The molecule has 4 rings (SSSR count). The highest BCUT2D eigenvalue weighted by molar-refractivity contribution is 5.52. The fourth-order valence-corrected chi connectivity index (χ4v) is 3.89. The van der Waals surface area contributed by atoms with Crippen LogP contribution in [-0.4, -0.2) is 33.5 Å². The smallest absolute Gasteiger partial charge is 0.123 e. The van der Waals surface area contributed by atoms with E-state index in [2.05, 4.69) is 53.6 Å². The molecule has 110 valence electrons. The van der Waals surface area contributed by atoms with Crippen LogP contribution in [0.25, 0.3) is 5.69 Å². The number of ether oxygens (including phenoxy) is 1. The standard InChI is InChI=1S/C16H20N4O/c1-16(2)14(13-6-7-21-15(13)16)19-11-4-3-5-12(8-11)20-9-17-18-10-20/h3-5,8-10,13-15,19H,6-7H2,1-2H3. The van der Waals surface area contributed by atoms with Crippen LogP contribution >= 0.6 is 0 Å². The van der Waals surface area contributed by atoms with E-state index in [1.54, 1.807) is 12.7 Å². The molecule has 2 aromatic rings. The molecule has 1 N–H and O–H groups in total. The van der Waals surface area contributed by atoms with E-state index < -0.39 is 0 Å². The number of anilines is 1. The quantitative estimate of drug-likeness (QED) is 0.941. The van der Waals surface area contributed by atoms with Crippen LogP contribution in [0.5, 0.6) is 0 Å². The molecule has 0 amide bonds. The van der Waals surface area contributed by atoms with Crippen LogP contribution in [-0.2, 0) is 4.74 Å². The maximum atomic E-state index is 5.86. The van der Waals surface area contributed by atoms with Gasteiger partial charge in [-0.3, -0.25) is 4.57 Å². The molecule has 2 heterocycles. The number of hydrogen-bond acceptors (Lipinski definition) is 4. The Kier molecular flexibility index (Phi) is 2.79. The average molecular weight is 284 g/mol. The van der Waals surface area contributed by atoms with Crippen LogP contribution in [0.15, 0.2) is 36.9 Å². The predicted octanol–water partition coefficient (Wildman–Crippen LogP) is 2.49. The molecule has 0 bridgehead atoms. The fraction of sp³-hybridized carbons (Fsp3) is 0.500. The first-order chi connectivity index (χ1) is 10.2. The van der Waals surface area contributed by atoms with Crippen LogP contribution < -0.4 is 5.32 Å². The predicted molar refractivity (Wildman–Crippen MR) is 80.4 cm³/mol. The first-order valence-corrected chi connectivity index (χ1v) is 7.49. The van der Waals surface area contributed by atoms with Gasteiger partial charge in [-0.2, -0.15) is 0 Å². The van der Waals surface area contributed by atoms with Crippen molar-refractivity contribution in [3.05, 3.63) is 36.9 Å². The monoisotopic (exact) mass is 284 g/mol. The number of benzene rings is 1. The van der Waals surface area contributed by atoms with Crippen molar-refractivity contribution in [2.24, 2.45) is 11.3 Å². The molecular weight excluding hydrogens is 264 g/mol. The van der Waals surface area contributed by atoms with Crippen LogP contribution in [0.4, 0.5) is 5.69 Å². The van der Waals surface area contributed by atoms with Crippen LogP contribution in [0.3, 0.4) is 0 Å². The summed E-state index contributed by atoms with van der Waals surface area (Å²) in [4.78, 5) is 0. The molecule has 0 radical (unpaired) electrons. The lowest BCUT2D eigenvalue weighted by molar-refractivity contribution is -0.0923. The topological polar surface area (TPSA) is 52.0 Å².